The summed E-state index contributed by atoms with van der Waals surface area (Å²) in [7, 11) is 1.18. The van der Waals surface area contributed by atoms with E-state index in [4.69, 9.17) is 9.47 Å². The minimum absolute atomic E-state index is 0.0645. The number of hydrogen-bond donors (Lipinski definition) is 3. The number of aliphatic hydroxyl groups is 2. The van der Waals surface area contributed by atoms with Crippen LogP contribution in [0, 0.1) is 11.8 Å². The van der Waals surface area contributed by atoms with Gasteiger partial charge in [-0.1, -0.05) is 24.3 Å². The average molecular weight is 442 g/mol. The van der Waals surface area contributed by atoms with E-state index in [1.807, 2.05) is 0 Å². The molecule has 170 valence electrons. The zero-order chi connectivity index (χ0) is 23.6. The van der Waals surface area contributed by atoms with Crippen LogP contribution in [0.15, 0.2) is 59.2 Å². The van der Waals surface area contributed by atoms with Crippen molar-refractivity contribution < 1.29 is 39.2 Å². The molecule has 1 aromatic rings. The lowest BCUT2D eigenvalue weighted by atomic mass is 9.80. The Balaban J connectivity index is 1.94. The Hall–Kier alpha value is -3.23. The summed E-state index contributed by atoms with van der Waals surface area (Å²) in [6.45, 7) is 5.02. The molecule has 0 saturated heterocycles. The number of benzene rings is 1. The summed E-state index contributed by atoms with van der Waals surface area (Å²) >= 11 is 0. The van der Waals surface area contributed by atoms with Crippen molar-refractivity contribution in [3.8, 4) is 5.75 Å². The molecule has 2 aliphatic carbocycles. The van der Waals surface area contributed by atoms with E-state index >= 15 is 0 Å². The number of carbonyl (C=O) groups is 3. The third kappa shape index (κ3) is 4.51. The summed E-state index contributed by atoms with van der Waals surface area (Å²) < 4.78 is 10.5. The number of ketones is 1. The van der Waals surface area contributed by atoms with E-state index in [1.54, 1.807) is 19.1 Å². The van der Waals surface area contributed by atoms with E-state index in [9.17, 15) is 29.7 Å². The van der Waals surface area contributed by atoms with Gasteiger partial charge in [0.1, 0.15) is 11.9 Å². The predicted octanol–water partition coefficient (Wildman–Crippen LogP) is 1.39. The van der Waals surface area contributed by atoms with Crippen molar-refractivity contribution in [2.45, 2.75) is 32.0 Å². The van der Waals surface area contributed by atoms with Gasteiger partial charge >= 0.3 is 11.9 Å². The SMILES string of the molecule is C=C(C(=O)OC)C1C(OC(=O)Cc2ccc(O)cc2)CC(C)=C2C(=O)C=C(CO)C2C1O. The molecule has 3 rings (SSSR count). The van der Waals surface area contributed by atoms with Crippen LogP contribution in [0.25, 0.3) is 0 Å². The Kier molecular flexibility index (Phi) is 6.96. The van der Waals surface area contributed by atoms with Crippen LogP contribution in [-0.4, -0.2) is 59.0 Å². The molecule has 4 unspecified atom stereocenters. The number of carbonyl (C=O) groups excluding carboxylic acids is 3. The summed E-state index contributed by atoms with van der Waals surface area (Å²) in [5.41, 5.74) is 1.78. The van der Waals surface area contributed by atoms with Crippen molar-refractivity contribution in [1.29, 1.82) is 0 Å². The van der Waals surface area contributed by atoms with Crippen LogP contribution in [-0.2, 0) is 30.3 Å². The largest absolute Gasteiger partial charge is 0.508 e. The van der Waals surface area contributed by atoms with Crippen LogP contribution in [0.4, 0.5) is 0 Å². The molecular formula is C24H26O8. The first-order valence-corrected chi connectivity index (χ1v) is 10.2. The summed E-state index contributed by atoms with van der Waals surface area (Å²) in [5, 5.41) is 30.4. The summed E-state index contributed by atoms with van der Waals surface area (Å²) in [4.78, 5) is 37.5. The van der Waals surface area contributed by atoms with Crippen LogP contribution < -0.4 is 0 Å². The van der Waals surface area contributed by atoms with Crippen LogP contribution in [0.5, 0.6) is 5.75 Å². The van der Waals surface area contributed by atoms with Crippen molar-refractivity contribution in [2.75, 3.05) is 13.7 Å². The molecule has 32 heavy (non-hydrogen) atoms. The zero-order valence-corrected chi connectivity index (χ0v) is 17.9. The van der Waals surface area contributed by atoms with Gasteiger partial charge < -0.3 is 24.8 Å². The number of phenolic OH excluding ortho intramolecular Hbond substituents is 1. The lowest BCUT2D eigenvalue weighted by molar-refractivity contribution is -0.154. The number of phenols is 1. The average Bonchev–Trinajstić information content (AvgIpc) is 3.05. The molecule has 0 bridgehead atoms. The second-order valence-corrected chi connectivity index (χ2v) is 8.02. The molecule has 3 N–H and O–H groups in total. The maximum absolute atomic E-state index is 12.7. The van der Waals surface area contributed by atoms with Gasteiger partial charge in [0.05, 0.1) is 32.2 Å². The highest BCUT2D eigenvalue weighted by atomic mass is 16.5. The minimum Gasteiger partial charge on any atom is -0.508 e. The lowest BCUT2D eigenvalue weighted by Crippen LogP contribution is -2.41. The Morgan fingerprint density at radius 2 is 1.88 bits per heavy atom. The Morgan fingerprint density at radius 3 is 2.47 bits per heavy atom. The smallest absolute Gasteiger partial charge is 0.333 e. The van der Waals surface area contributed by atoms with E-state index in [0.717, 1.165) is 0 Å². The third-order valence-electron chi connectivity index (χ3n) is 5.97. The highest BCUT2D eigenvalue weighted by molar-refractivity contribution is 6.09. The third-order valence-corrected chi connectivity index (χ3v) is 5.97. The van der Waals surface area contributed by atoms with Gasteiger partial charge in [-0.05, 0) is 36.3 Å². The summed E-state index contributed by atoms with van der Waals surface area (Å²) in [5.74, 6) is -3.52. The maximum atomic E-state index is 12.7. The van der Waals surface area contributed by atoms with Gasteiger partial charge in [0, 0.05) is 23.5 Å². The van der Waals surface area contributed by atoms with Gasteiger partial charge in [0.15, 0.2) is 5.78 Å². The summed E-state index contributed by atoms with van der Waals surface area (Å²) in [6, 6.07) is 6.06. The number of aliphatic hydroxyl groups excluding tert-OH is 2. The number of esters is 2. The number of ether oxygens (including phenoxy) is 2. The summed E-state index contributed by atoms with van der Waals surface area (Å²) in [6.07, 6.45) is -1.02. The highest BCUT2D eigenvalue weighted by Gasteiger charge is 2.48. The van der Waals surface area contributed by atoms with E-state index in [-0.39, 0.29) is 29.9 Å². The van der Waals surface area contributed by atoms with Crippen molar-refractivity contribution in [1.82, 2.24) is 0 Å². The van der Waals surface area contributed by atoms with Crippen LogP contribution in [0.3, 0.4) is 0 Å². The Bertz CT molecular complexity index is 1000. The quantitative estimate of drug-likeness (QED) is 0.445. The molecule has 0 aromatic heterocycles. The molecule has 0 fully saturated rings. The van der Waals surface area contributed by atoms with Crippen molar-refractivity contribution >= 4 is 17.7 Å². The second-order valence-electron chi connectivity index (χ2n) is 8.02. The molecule has 0 radical (unpaired) electrons. The molecule has 1 aromatic carbocycles. The molecule has 0 aliphatic heterocycles. The first-order valence-electron chi connectivity index (χ1n) is 10.2. The molecule has 0 saturated carbocycles. The molecular weight excluding hydrogens is 416 g/mol. The molecule has 4 atom stereocenters. The lowest BCUT2D eigenvalue weighted by Gasteiger charge is -2.32. The first-order chi connectivity index (χ1) is 15.2. The maximum Gasteiger partial charge on any atom is 0.333 e. The predicted molar refractivity (Wildman–Crippen MR) is 113 cm³/mol. The van der Waals surface area contributed by atoms with E-state index < -0.39 is 42.6 Å². The van der Waals surface area contributed by atoms with Crippen molar-refractivity contribution in [2.24, 2.45) is 11.8 Å². The van der Waals surface area contributed by atoms with E-state index in [0.29, 0.717) is 22.3 Å². The molecule has 0 heterocycles. The number of aromatic hydroxyl groups is 1. The molecule has 8 nitrogen and oxygen atoms in total. The van der Waals surface area contributed by atoms with Gasteiger partial charge in [0.2, 0.25) is 0 Å². The number of rotatable bonds is 6. The van der Waals surface area contributed by atoms with E-state index in [1.165, 1.54) is 25.3 Å². The van der Waals surface area contributed by atoms with Crippen LogP contribution >= 0.6 is 0 Å². The fourth-order valence-corrected chi connectivity index (χ4v) is 4.45. The first kappa shape index (κ1) is 23.4. The van der Waals surface area contributed by atoms with Gasteiger partial charge in [0.25, 0.3) is 0 Å². The number of fused-ring (bicyclic) bond motifs is 1. The minimum atomic E-state index is -1.34. The van der Waals surface area contributed by atoms with Crippen LogP contribution in [0.2, 0.25) is 0 Å². The standard InChI is InChI=1S/C24H26O8/c1-12-8-18(32-19(28)9-14-4-6-16(26)7-5-14)21(13(2)24(30)31-3)23(29)22-15(11-25)10-17(27)20(12)22/h4-7,10,18,21-23,25-26,29H,2,8-9,11H2,1,3H3. The highest BCUT2D eigenvalue weighted by Crippen LogP contribution is 2.44. The fraction of sp³-hybridized carbons (Fsp3) is 0.375. The van der Waals surface area contributed by atoms with Gasteiger partial charge in [-0.25, -0.2) is 4.79 Å². The van der Waals surface area contributed by atoms with Gasteiger partial charge in [-0.2, -0.15) is 0 Å². The van der Waals surface area contributed by atoms with Crippen molar-refractivity contribution in [3.05, 3.63) is 64.8 Å². The zero-order valence-electron chi connectivity index (χ0n) is 17.9. The van der Waals surface area contributed by atoms with Gasteiger partial charge in [-0.3, -0.25) is 9.59 Å². The Labute approximate surface area is 185 Å². The Morgan fingerprint density at radius 1 is 1.22 bits per heavy atom. The van der Waals surface area contributed by atoms with E-state index in [2.05, 4.69) is 6.58 Å². The van der Waals surface area contributed by atoms with Gasteiger partial charge in [-0.15, -0.1) is 0 Å². The molecule has 0 amide bonds. The number of allylic oxidation sites excluding steroid dienone is 1. The molecule has 2 aliphatic rings. The number of methoxy groups -OCH3 is 1. The second kappa shape index (κ2) is 9.50. The molecule has 8 heteroatoms. The fourth-order valence-electron chi connectivity index (χ4n) is 4.45. The monoisotopic (exact) mass is 442 g/mol. The number of hydrogen-bond acceptors (Lipinski definition) is 8. The van der Waals surface area contributed by atoms with Crippen LogP contribution in [0.1, 0.15) is 18.9 Å². The normalized spacial score (nSPS) is 25.0. The topological polar surface area (TPSA) is 130 Å². The molecule has 0 spiro atoms. The van der Waals surface area contributed by atoms with Crippen molar-refractivity contribution in [3.63, 3.8) is 0 Å².